The van der Waals surface area contributed by atoms with Crippen LogP contribution in [0.25, 0.3) is 10.9 Å². The van der Waals surface area contributed by atoms with Crippen LogP contribution in [0.4, 0.5) is 5.69 Å². The third kappa shape index (κ3) is 3.85. The monoisotopic (exact) mass is 443 g/mol. The number of fused-ring (bicyclic) bond motifs is 1. The fourth-order valence-corrected chi connectivity index (χ4v) is 3.38. The van der Waals surface area contributed by atoms with E-state index in [1.807, 2.05) is 6.07 Å². The molecule has 2 heterocycles. The van der Waals surface area contributed by atoms with Crippen LogP contribution in [0.5, 0.6) is 0 Å². The van der Waals surface area contributed by atoms with Gasteiger partial charge in [0, 0.05) is 27.7 Å². The number of carbonyl (C=O) groups is 2. The van der Waals surface area contributed by atoms with E-state index in [0.717, 1.165) is 0 Å². The van der Waals surface area contributed by atoms with Gasteiger partial charge in [-0.25, -0.2) is 4.98 Å². The summed E-state index contributed by atoms with van der Waals surface area (Å²) in [6, 6.07) is 15.3. The number of carbonyl (C=O) groups excluding carboxylic acids is 2. The van der Waals surface area contributed by atoms with Crippen molar-refractivity contribution in [3.05, 3.63) is 92.8 Å². The average Bonchev–Trinajstić information content (AvgIpc) is 3.07. The highest BCUT2D eigenvalue weighted by Gasteiger charge is 2.22. The van der Waals surface area contributed by atoms with Gasteiger partial charge in [0.05, 0.1) is 16.3 Å². The Kier molecular flexibility index (Phi) is 5.28. The Morgan fingerprint density at radius 2 is 1.69 bits per heavy atom. The molecule has 5 nitrogen and oxygen atoms in total. The number of amides is 1. The van der Waals surface area contributed by atoms with Crippen LogP contribution in [-0.4, -0.2) is 21.7 Å². The van der Waals surface area contributed by atoms with Crippen LogP contribution in [0.2, 0.25) is 15.2 Å². The molecule has 0 unspecified atom stereocenters. The molecule has 0 bridgehead atoms. The molecule has 0 fully saturated rings. The molecule has 0 saturated heterocycles. The van der Waals surface area contributed by atoms with Gasteiger partial charge in [-0.05, 0) is 24.3 Å². The van der Waals surface area contributed by atoms with E-state index in [9.17, 15) is 9.59 Å². The fraction of sp³-hybridized carbons (Fsp3) is 0. The minimum absolute atomic E-state index is 0.102. The lowest BCUT2D eigenvalue weighted by Gasteiger charge is -2.08. The number of hydrogen-bond donors (Lipinski definition) is 2. The van der Waals surface area contributed by atoms with Crippen LogP contribution >= 0.6 is 34.8 Å². The molecule has 0 aliphatic rings. The third-order valence-electron chi connectivity index (χ3n) is 4.32. The van der Waals surface area contributed by atoms with Crippen LogP contribution in [0, 0.1) is 0 Å². The molecular weight excluding hydrogens is 433 g/mol. The Morgan fingerprint density at radius 1 is 0.931 bits per heavy atom. The summed E-state index contributed by atoms with van der Waals surface area (Å²) in [4.78, 5) is 32.8. The summed E-state index contributed by atoms with van der Waals surface area (Å²) in [7, 11) is 0. The predicted octanol–water partition coefficient (Wildman–Crippen LogP) is 6.01. The SMILES string of the molecule is O=C(Nc1c(C(=O)c2ccccc2)[nH]c2cc(Cl)ccc12)c1cnc(Cl)c(Cl)c1. The van der Waals surface area contributed by atoms with E-state index in [2.05, 4.69) is 15.3 Å². The number of rotatable bonds is 4. The molecule has 0 spiro atoms. The van der Waals surface area contributed by atoms with Crippen LogP contribution in [-0.2, 0) is 0 Å². The molecule has 1 amide bonds. The Labute approximate surface area is 180 Å². The number of aromatic amines is 1. The van der Waals surface area contributed by atoms with Gasteiger partial charge in [-0.1, -0.05) is 65.1 Å². The van der Waals surface area contributed by atoms with Gasteiger partial charge >= 0.3 is 0 Å². The van der Waals surface area contributed by atoms with E-state index in [1.54, 1.807) is 42.5 Å². The van der Waals surface area contributed by atoms with E-state index < -0.39 is 5.91 Å². The summed E-state index contributed by atoms with van der Waals surface area (Å²) in [5.74, 6) is -0.741. The normalized spacial score (nSPS) is 10.9. The first-order valence-electron chi connectivity index (χ1n) is 8.47. The molecular formula is C21H12Cl3N3O2. The lowest BCUT2D eigenvalue weighted by Crippen LogP contribution is -2.15. The molecule has 2 aromatic heterocycles. The molecule has 144 valence electrons. The standard InChI is InChI=1S/C21H12Cl3N3O2/c22-13-6-7-14-16(9-13)26-18(19(28)11-4-2-1-3-5-11)17(14)27-21(29)12-8-15(23)20(24)25-10-12/h1-10,26H,(H,27,29). The number of pyridine rings is 1. The minimum atomic E-state index is -0.478. The maximum absolute atomic E-state index is 13.1. The van der Waals surface area contributed by atoms with Gasteiger partial charge in [-0.2, -0.15) is 0 Å². The second-order valence-electron chi connectivity index (χ2n) is 6.21. The van der Waals surface area contributed by atoms with E-state index >= 15 is 0 Å². The molecule has 0 aliphatic carbocycles. The largest absolute Gasteiger partial charge is 0.350 e. The smallest absolute Gasteiger partial charge is 0.257 e. The average molecular weight is 445 g/mol. The Bertz CT molecular complexity index is 1250. The first-order valence-corrected chi connectivity index (χ1v) is 9.61. The van der Waals surface area contributed by atoms with Crippen molar-refractivity contribution in [2.45, 2.75) is 0 Å². The lowest BCUT2D eigenvalue weighted by molar-refractivity contribution is 0.102. The van der Waals surface area contributed by atoms with E-state index in [4.69, 9.17) is 34.8 Å². The van der Waals surface area contributed by atoms with Crippen molar-refractivity contribution in [3.63, 3.8) is 0 Å². The zero-order valence-electron chi connectivity index (χ0n) is 14.7. The number of hydrogen-bond acceptors (Lipinski definition) is 3. The number of nitrogens with zero attached hydrogens (tertiary/aromatic N) is 1. The van der Waals surface area contributed by atoms with Gasteiger partial charge in [-0.3, -0.25) is 9.59 Å². The summed E-state index contributed by atoms with van der Waals surface area (Å²) in [6.45, 7) is 0. The summed E-state index contributed by atoms with van der Waals surface area (Å²) in [5.41, 5.74) is 1.91. The van der Waals surface area contributed by atoms with E-state index in [1.165, 1.54) is 12.3 Å². The summed E-state index contributed by atoms with van der Waals surface area (Å²) in [5, 5.41) is 4.20. The van der Waals surface area contributed by atoms with Gasteiger partial charge in [-0.15, -0.1) is 0 Å². The van der Waals surface area contributed by atoms with Crippen LogP contribution in [0.3, 0.4) is 0 Å². The van der Waals surface area contributed by atoms with Gasteiger partial charge < -0.3 is 10.3 Å². The van der Waals surface area contributed by atoms with Gasteiger partial charge in [0.1, 0.15) is 10.8 Å². The number of anilines is 1. The maximum Gasteiger partial charge on any atom is 0.257 e. The third-order valence-corrected chi connectivity index (χ3v) is 5.24. The quantitative estimate of drug-likeness (QED) is 0.299. The highest BCUT2D eigenvalue weighted by atomic mass is 35.5. The number of H-pyrrole nitrogens is 1. The lowest BCUT2D eigenvalue weighted by atomic mass is 10.1. The number of nitrogens with one attached hydrogen (secondary N) is 2. The topological polar surface area (TPSA) is 74.8 Å². The Morgan fingerprint density at radius 3 is 2.41 bits per heavy atom. The van der Waals surface area contributed by atoms with Crippen molar-refractivity contribution in [2.24, 2.45) is 0 Å². The zero-order chi connectivity index (χ0) is 20.5. The second-order valence-corrected chi connectivity index (χ2v) is 7.41. The zero-order valence-corrected chi connectivity index (χ0v) is 16.9. The first kappa shape index (κ1) is 19.5. The molecule has 2 aromatic carbocycles. The summed E-state index contributed by atoms with van der Waals surface area (Å²) in [6.07, 6.45) is 1.31. The van der Waals surface area contributed by atoms with Crippen LogP contribution < -0.4 is 5.32 Å². The summed E-state index contributed by atoms with van der Waals surface area (Å²) < 4.78 is 0. The van der Waals surface area contributed by atoms with Crippen molar-refractivity contribution in [2.75, 3.05) is 5.32 Å². The van der Waals surface area contributed by atoms with Crippen molar-refractivity contribution >= 4 is 63.1 Å². The highest BCUT2D eigenvalue weighted by Crippen LogP contribution is 2.32. The number of benzene rings is 2. The van der Waals surface area contributed by atoms with E-state index in [-0.39, 0.29) is 27.2 Å². The molecule has 0 saturated carbocycles. The van der Waals surface area contributed by atoms with Crippen molar-refractivity contribution in [3.8, 4) is 0 Å². The molecule has 4 rings (SSSR count). The van der Waals surface area contributed by atoms with Gasteiger partial charge in [0.15, 0.2) is 0 Å². The second kappa shape index (κ2) is 7.87. The van der Waals surface area contributed by atoms with Crippen molar-refractivity contribution < 1.29 is 9.59 Å². The molecule has 2 N–H and O–H groups in total. The Balaban J connectivity index is 1.80. The molecule has 8 heteroatoms. The Hall–Kier alpha value is -2.86. The number of halogens is 3. The maximum atomic E-state index is 13.1. The van der Waals surface area contributed by atoms with Crippen molar-refractivity contribution in [1.29, 1.82) is 0 Å². The van der Waals surface area contributed by atoms with Crippen LogP contribution in [0.15, 0.2) is 60.8 Å². The van der Waals surface area contributed by atoms with E-state index in [0.29, 0.717) is 27.2 Å². The fourth-order valence-electron chi connectivity index (χ4n) is 2.93. The number of aromatic nitrogens is 2. The number of ketones is 1. The molecule has 0 radical (unpaired) electrons. The molecule has 4 aromatic rings. The highest BCUT2D eigenvalue weighted by molar-refractivity contribution is 6.41. The molecule has 0 atom stereocenters. The predicted molar refractivity (Wildman–Crippen MR) is 115 cm³/mol. The molecule has 29 heavy (non-hydrogen) atoms. The van der Waals surface area contributed by atoms with Crippen LogP contribution in [0.1, 0.15) is 26.4 Å². The first-order chi connectivity index (χ1) is 13.9. The van der Waals surface area contributed by atoms with Crippen molar-refractivity contribution in [1.82, 2.24) is 9.97 Å². The van der Waals surface area contributed by atoms with Gasteiger partial charge in [0.25, 0.3) is 5.91 Å². The molecule has 0 aliphatic heterocycles. The summed E-state index contributed by atoms with van der Waals surface area (Å²) >= 11 is 17.9. The van der Waals surface area contributed by atoms with Gasteiger partial charge in [0.2, 0.25) is 5.78 Å². The minimum Gasteiger partial charge on any atom is -0.350 e.